The molecule has 1 unspecified atom stereocenters. The summed E-state index contributed by atoms with van der Waals surface area (Å²) in [6.45, 7) is 4.11. The minimum atomic E-state index is -0.761. The van der Waals surface area contributed by atoms with E-state index < -0.39 is 6.10 Å². The highest BCUT2D eigenvalue weighted by molar-refractivity contribution is 5.70. The number of hydrogen-bond donors (Lipinski definition) is 1. The number of aliphatic hydroxyl groups is 1. The van der Waals surface area contributed by atoms with Gasteiger partial charge in [0, 0.05) is 12.8 Å². The van der Waals surface area contributed by atoms with Gasteiger partial charge in [-0.15, -0.1) is 0 Å². The second kappa shape index (κ2) is 52.2. The third-order valence-electron chi connectivity index (χ3n) is 12.9. The van der Waals surface area contributed by atoms with Crippen LogP contribution in [-0.2, 0) is 19.1 Å². The normalized spacial score (nSPS) is 12.0. The summed E-state index contributed by atoms with van der Waals surface area (Å²) in [4.78, 5) is 24.1. The maximum atomic E-state index is 12.2. The van der Waals surface area contributed by atoms with Crippen LogP contribution in [0.15, 0.2) is 0 Å². The van der Waals surface area contributed by atoms with Gasteiger partial charge in [-0.05, 0) is 12.8 Å². The third-order valence-corrected chi connectivity index (χ3v) is 12.9. The molecule has 0 fully saturated rings. The molecule has 358 valence electrons. The second-order valence-corrected chi connectivity index (χ2v) is 19.0. The average Bonchev–Trinajstić information content (AvgIpc) is 3.25. The van der Waals surface area contributed by atoms with E-state index in [4.69, 9.17) is 9.47 Å². The van der Waals surface area contributed by atoms with Crippen LogP contribution in [0.2, 0.25) is 0 Å². The standard InChI is InChI=1S/C55H108O5/c1-3-5-7-9-11-12-13-14-15-16-17-18-19-20-21-22-23-24-25-26-27-28-29-30-31-32-33-34-35-36-37-38-39-40-41-42-43-44-46-48-50-55(58)60-53(51-56)52-59-54(57)49-47-45-10-8-6-4-2/h53,56H,3-52H2,1-2H3. The van der Waals surface area contributed by atoms with Crippen molar-refractivity contribution in [2.75, 3.05) is 13.2 Å². The van der Waals surface area contributed by atoms with Gasteiger partial charge in [0.2, 0.25) is 0 Å². The molecule has 0 saturated heterocycles. The van der Waals surface area contributed by atoms with E-state index in [0.29, 0.717) is 12.8 Å². The summed E-state index contributed by atoms with van der Waals surface area (Å²) in [5.74, 6) is -0.584. The summed E-state index contributed by atoms with van der Waals surface area (Å²) < 4.78 is 10.6. The lowest BCUT2D eigenvalue weighted by atomic mass is 10.0. The molecule has 5 nitrogen and oxygen atoms in total. The summed E-state index contributed by atoms with van der Waals surface area (Å²) in [6, 6.07) is 0. The van der Waals surface area contributed by atoms with E-state index in [-0.39, 0.29) is 25.2 Å². The van der Waals surface area contributed by atoms with Gasteiger partial charge < -0.3 is 14.6 Å². The van der Waals surface area contributed by atoms with Crippen LogP contribution in [0.5, 0.6) is 0 Å². The zero-order valence-corrected chi connectivity index (χ0v) is 41.0. The molecule has 0 spiro atoms. The van der Waals surface area contributed by atoms with E-state index in [1.807, 2.05) is 0 Å². The van der Waals surface area contributed by atoms with Crippen LogP contribution in [0.1, 0.15) is 322 Å². The fourth-order valence-corrected chi connectivity index (χ4v) is 8.74. The Hall–Kier alpha value is -1.10. The molecule has 0 saturated carbocycles. The van der Waals surface area contributed by atoms with Crippen LogP contribution < -0.4 is 0 Å². The number of aliphatic hydroxyl groups excluding tert-OH is 1. The smallest absolute Gasteiger partial charge is 0.306 e. The summed E-state index contributed by atoms with van der Waals surface area (Å²) >= 11 is 0. The van der Waals surface area contributed by atoms with Crippen LogP contribution in [0, 0.1) is 0 Å². The van der Waals surface area contributed by atoms with E-state index in [9.17, 15) is 14.7 Å². The molecule has 1 N–H and O–H groups in total. The molecule has 60 heavy (non-hydrogen) atoms. The minimum absolute atomic E-state index is 0.0589. The van der Waals surface area contributed by atoms with E-state index in [0.717, 1.165) is 38.5 Å². The zero-order chi connectivity index (χ0) is 43.5. The first-order chi connectivity index (χ1) is 29.6. The molecule has 0 aliphatic heterocycles. The Balaban J connectivity index is 3.25. The Kier molecular flexibility index (Phi) is 51.3. The molecule has 0 bridgehead atoms. The second-order valence-electron chi connectivity index (χ2n) is 19.0. The Labute approximate surface area is 376 Å². The molecular weight excluding hydrogens is 741 g/mol. The lowest BCUT2D eigenvalue weighted by molar-refractivity contribution is -0.161. The molecule has 5 heteroatoms. The first kappa shape index (κ1) is 58.9. The molecule has 0 amide bonds. The van der Waals surface area contributed by atoms with Crippen LogP contribution in [0.25, 0.3) is 0 Å². The predicted octanol–water partition coefficient (Wildman–Crippen LogP) is 18.2. The van der Waals surface area contributed by atoms with Crippen molar-refractivity contribution in [2.45, 2.75) is 328 Å². The van der Waals surface area contributed by atoms with Gasteiger partial charge in [-0.25, -0.2) is 0 Å². The molecule has 1 atom stereocenters. The monoisotopic (exact) mass is 849 g/mol. The van der Waals surface area contributed by atoms with Gasteiger partial charge in [0.15, 0.2) is 6.10 Å². The molecule has 0 aromatic heterocycles. The van der Waals surface area contributed by atoms with E-state index in [1.54, 1.807) is 0 Å². The van der Waals surface area contributed by atoms with Gasteiger partial charge in [-0.2, -0.15) is 0 Å². The van der Waals surface area contributed by atoms with Crippen molar-refractivity contribution < 1.29 is 24.2 Å². The highest BCUT2D eigenvalue weighted by Gasteiger charge is 2.16. The fraction of sp³-hybridized carbons (Fsp3) is 0.964. The largest absolute Gasteiger partial charge is 0.462 e. The van der Waals surface area contributed by atoms with Crippen molar-refractivity contribution in [3.8, 4) is 0 Å². The van der Waals surface area contributed by atoms with Crippen LogP contribution in [0.3, 0.4) is 0 Å². The quantitative estimate of drug-likeness (QED) is 0.0488. The maximum absolute atomic E-state index is 12.2. The first-order valence-electron chi connectivity index (χ1n) is 27.6. The van der Waals surface area contributed by atoms with Crippen LogP contribution in [0.4, 0.5) is 0 Å². The molecule has 0 heterocycles. The zero-order valence-electron chi connectivity index (χ0n) is 41.0. The third kappa shape index (κ3) is 49.6. The van der Waals surface area contributed by atoms with E-state index in [2.05, 4.69) is 13.8 Å². The van der Waals surface area contributed by atoms with Gasteiger partial charge in [0.1, 0.15) is 6.61 Å². The highest BCUT2D eigenvalue weighted by Crippen LogP contribution is 2.18. The molecule has 0 aromatic rings. The van der Waals surface area contributed by atoms with E-state index >= 15 is 0 Å². The molecule has 0 rings (SSSR count). The fourth-order valence-electron chi connectivity index (χ4n) is 8.74. The number of rotatable bonds is 52. The van der Waals surface area contributed by atoms with Crippen molar-refractivity contribution in [2.24, 2.45) is 0 Å². The predicted molar refractivity (Wildman–Crippen MR) is 261 cm³/mol. The Morgan fingerprint density at radius 1 is 0.317 bits per heavy atom. The topological polar surface area (TPSA) is 72.8 Å². The van der Waals surface area contributed by atoms with Crippen molar-refractivity contribution in [3.05, 3.63) is 0 Å². The van der Waals surface area contributed by atoms with Crippen molar-refractivity contribution in [1.29, 1.82) is 0 Å². The van der Waals surface area contributed by atoms with Gasteiger partial charge in [-0.1, -0.05) is 296 Å². The Morgan fingerprint density at radius 2 is 0.517 bits per heavy atom. The maximum Gasteiger partial charge on any atom is 0.306 e. The lowest BCUT2D eigenvalue weighted by Crippen LogP contribution is -2.28. The minimum Gasteiger partial charge on any atom is -0.462 e. The van der Waals surface area contributed by atoms with Crippen LogP contribution in [-0.4, -0.2) is 36.4 Å². The number of carbonyl (C=O) groups excluding carboxylic acids is 2. The van der Waals surface area contributed by atoms with Crippen LogP contribution >= 0.6 is 0 Å². The highest BCUT2D eigenvalue weighted by atomic mass is 16.6. The molecule has 0 radical (unpaired) electrons. The number of carbonyl (C=O) groups is 2. The summed E-state index contributed by atoms with van der Waals surface area (Å²) in [7, 11) is 0. The van der Waals surface area contributed by atoms with Gasteiger partial charge in [0.05, 0.1) is 6.61 Å². The Morgan fingerprint density at radius 3 is 0.733 bits per heavy atom. The number of esters is 2. The lowest BCUT2D eigenvalue weighted by Gasteiger charge is -2.15. The summed E-state index contributed by atoms with van der Waals surface area (Å²) in [5.41, 5.74) is 0. The van der Waals surface area contributed by atoms with Crippen molar-refractivity contribution in [1.82, 2.24) is 0 Å². The van der Waals surface area contributed by atoms with Gasteiger partial charge >= 0.3 is 11.9 Å². The molecule has 0 aromatic carbocycles. The average molecular weight is 849 g/mol. The number of unbranched alkanes of at least 4 members (excludes halogenated alkanes) is 44. The van der Waals surface area contributed by atoms with Crippen molar-refractivity contribution in [3.63, 3.8) is 0 Å². The number of hydrogen-bond acceptors (Lipinski definition) is 5. The SMILES string of the molecule is CCCCCCCCCCCCCCCCCCCCCCCCCCCCCCCCCCCCCCCCCCC(=O)OC(CO)COC(=O)CCCCCCCC. The molecule has 0 aliphatic carbocycles. The van der Waals surface area contributed by atoms with Gasteiger partial charge in [0.25, 0.3) is 0 Å². The summed E-state index contributed by atoms with van der Waals surface area (Å²) in [5, 5.41) is 9.53. The summed E-state index contributed by atoms with van der Waals surface area (Å²) in [6.07, 6.45) is 62.9. The van der Waals surface area contributed by atoms with Crippen molar-refractivity contribution >= 4 is 11.9 Å². The first-order valence-corrected chi connectivity index (χ1v) is 27.6. The van der Waals surface area contributed by atoms with E-state index in [1.165, 1.54) is 257 Å². The molecule has 0 aliphatic rings. The van der Waals surface area contributed by atoms with Gasteiger partial charge in [-0.3, -0.25) is 9.59 Å². The Bertz CT molecular complexity index is 830. The molecular formula is C55H108O5. The number of ether oxygens (including phenoxy) is 2.